The molecule has 0 atom stereocenters. The van der Waals surface area contributed by atoms with Crippen LogP contribution in [-0.2, 0) is 6.54 Å². The quantitative estimate of drug-likeness (QED) is 0.902. The molecule has 100 valence electrons. The van der Waals surface area contributed by atoms with Gasteiger partial charge in [0.05, 0.1) is 10.6 Å². The van der Waals surface area contributed by atoms with Gasteiger partial charge in [0.2, 0.25) is 0 Å². The van der Waals surface area contributed by atoms with Gasteiger partial charge in [-0.15, -0.1) is 5.10 Å². The van der Waals surface area contributed by atoms with E-state index in [1.54, 1.807) is 6.07 Å². The maximum atomic E-state index is 11.4. The van der Waals surface area contributed by atoms with Gasteiger partial charge in [0.15, 0.2) is 5.16 Å². The van der Waals surface area contributed by atoms with Crippen molar-refractivity contribution in [2.45, 2.75) is 23.5 Å². The first-order chi connectivity index (χ1) is 9.02. The molecule has 2 rings (SSSR count). The van der Waals surface area contributed by atoms with Crippen molar-refractivity contribution in [3.63, 3.8) is 0 Å². The Morgan fingerprint density at radius 3 is 2.89 bits per heavy atom. The minimum Gasteiger partial charge on any atom is -0.478 e. The molecule has 2 N–H and O–H groups in total. The summed E-state index contributed by atoms with van der Waals surface area (Å²) in [5.41, 5.74) is -0.174. The largest absolute Gasteiger partial charge is 0.478 e. The second-order valence-electron chi connectivity index (χ2n) is 3.61. The Balaban J connectivity index is 2.33. The Morgan fingerprint density at radius 2 is 2.32 bits per heavy atom. The Bertz CT molecular complexity index is 680. The summed E-state index contributed by atoms with van der Waals surface area (Å²) < 4.78 is 1.46. The Hall–Kier alpha value is -1.73. The first-order valence-electron chi connectivity index (χ1n) is 5.38. The number of halogens is 1. The first kappa shape index (κ1) is 13.7. The minimum absolute atomic E-state index is 0.115. The van der Waals surface area contributed by atoms with E-state index in [1.807, 2.05) is 6.92 Å². The molecular weight excluding hydrogens is 290 g/mol. The molecule has 2 aromatic rings. The van der Waals surface area contributed by atoms with Gasteiger partial charge in [-0.1, -0.05) is 11.6 Å². The van der Waals surface area contributed by atoms with E-state index in [0.29, 0.717) is 21.6 Å². The number of nitrogens with zero attached hydrogens (tertiary/aromatic N) is 2. The molecule has 0 saturated heterocycles. The van der Waals surface area contributed by atoms with Crippen molar-refractivity contribution in [3.8, 4) is 0 Å². The average molecular weight is 300 g/mol. The molecular formula is C11H10ClN3O3S. The monoisotopic (exact) mass is 299 g/mol. The van der Waals surface area contributed by atoms with E-state index in [-0.39, 0.29) is 11.3 Å². The van der Waals surface area contributed by atoms with E-state index in [9.17, 15) is 9.59 Å². The van der Waals surface area contributed by atoms with Crippen molar-refractivity contribution < 1.29 is 9.90 Å². The number of carboxylic acids is 1. The van der Waals surface area contributed by atoms with Crippen molar-refractivity contribution in [2.24, 2.45) is 0 Å². The fraction of sp³-hybridized carbons (Fsp3) is 0.182. The lowest BCUT2D eigenvalue weighted by Crippen LogP contribution is -2.16. The van der Waals surface area contributed by atoms with E-state index in [2.05, 4.69) is 10.2 Å². The van der Waals surface area contributed by atoms with Crippen LogP contribution in [-0.4, -0.2) is 25.8 Å². The third kappa shape index (κ3) is 2.82. The number of aromatic carboxylic acids is 1. The number of carbonyl (C=O) groups is 1. The van der Waals surface area contributed by atoms with Crippen LogP contribution in [0.3, 0.4) is 0 Å². The summed E-state index contributed by atoms with van der Waals surface area (Å²) in [6, 6.07) is 4.42. The van der Waals surface area contributed by atoms with Crippen molar-refractivity contribution >= 4 is 29.3 Å². The zero-order chi connectivity index (χ0) is 14.0. The van der Waals surface area contributed by atoms with Gasteiger partial charge in [-0.3, -0.25) is 4.57 Å². The van der Waals surface area contributed by atoms with Gasteiger partial charge in [-0.25, -0.2) is 14.7 Å². The van der Waals surface area contributed by atoms with Gasteiger partial charge in [0, 0.05) is 11.4 Å². The second kappa shape index (κ2) is 5.50. The van der Waals surface area contributed by atoms with Crippen molar-refractivity contribution in [1.82, 2.24) is 14.8 Å². The number of H-pyrrole nitrogens is 1. The smallest absolute Gasteiger partial charge is 0.343 e. The summed E-state index contributed by atoms with van der Waals surface area (Å²) in [5, 5.41) is 15.9. The summed E-state index contributed by atoms with van der Waals surface area (Å²) in [6.07, 6.45) is 0. The summed E-state index contributed by atoms with van der Waals surface area (Å²) in [4.78, 5) is 22.8. The molecule has 0 bridgehead atoms. The Labute approximate surface area is 117 Å². The molecule has 0 spiro atoms. The van der Waals surface area contributed by atoms with Gasteiger partial charge in [-0.05, 0) is 36.9 Å². The number of hydrogen-bond acceptors (Lipinski definition) is 4. The zero-order valence-electron chi connectivity index (χ0n) is 9.88. The molecule has 0 amide bonds. The molecule has 1 heterocycles. The van der Waals surface area contributed by atoms with E-state index in [4.69, 9.17) is 16.7 Å². The van der Waals surface area contributed by atoms with E-state index in [1.165, 1.54) is 28.5 Å². The van der Waals surface area contributed by atoms with Crippen LogP contribution in [0.2, 0.25) is 5.02 Å². The molecule has 19 heavy (non-hydrogen) atoms. The number of aromatic nitrogens is 3. The van der Waals surface area contributed by atoms with Crippen molar-refractivity contribution in [1.29, 1.82) is 0 Å². The van der Waals surface area contributed by atoms with E-state index in [0.717, 1.165) is 0 Å². The lowest BCUT2D eigenvalue weighted by molar-refractivity contribution is 0.0697. The summed E-state index contributed by atoms with van der Waals surface area (Å²) in [7, 11) is 0. The molecule has 6 nitrogen and oxygen atoms in total. The predicted octanol–water partition coefficient (Wildman–Crippen LogP) is 2.09. The maximum Gasteiger partial charge on any atom is 0.343 e. The summed E-state index contributed by atoms with van der Waals surface area (Å²) >= 11 is 7.22. The fourth-order valence-corrected chi connectivity index (χ4v) is 2.67. The van der Waals surface area contributed by atoms with Gasteiger partial charge in [-0.2, -0.15) is 0 Å². The predicted molar refractivity (Wildman–Crippen MR) is 71.1 cm³/mol. The molecule has 0 aliphatic rings. The lowest BCUT2D eigenvalue weighted by atomic mass is 10.2. The number of benzene rings is 1. The number of rotatable bonds is 4. The van der Waals surface area contributed by atoms with Crippen molar-refractivity contribution in [2.75, 3.05) is 0 Å². The summed E-state index contributed by atoms with van der Waals surface area (Å²) in [5.74, 6) is -1.04. The van der Waals surface area contributed by atoms with E-state index >= 15 is 0 Å². The fourth-order valence-electron chi connectivity index (χ4n) is 1.47. The van der Waals surface area contributed by atoms with Gasteiger partial charge < -0.3 is 5.11 Å². The third-order valence-corrected chi connectivity index (χ3v) is 3.91. The number of aromatic amines is 1. The molecule has 0 aliphatic heterocycles. The molecule has 0 fully saturated rings. The summed E-state index contributed by atoms with van der Waals surface area (Å²) in [6.45, 7) is 2.32. The van der Waals surface area contributed by atoms with Gasteiger partial charge >= 0.3 is 11.7 Å². The Morgan fingerprint density at radius 1 is 1.58 bits per heavy atom. The first-order valence-corrected chi connectivity index (χ1v) is 6.58. The topological polar surface area (TPSA) is 88.0 Å². The van der Waals surface area contributed by atoms with Crippen LogP contribution < -0.4 is 5.69 Å². The number of nitrogens with one attached hydrogen (secondary N) is 1. The number of hydrogen-bond donors (Lipinski definition) is 2. The van der Waals surface area contributed by atoms with E-state index < -0.39 is 5.97 Å². The molecule has 0 radical (unpaired) electrons. The third-order valence-electron chi connectivity index (χ3n) is 2.42. The van der Waals surface area contributed by atoms with Crippen molar-refractivity contribution in [3.05, 3.63) is 39.3 Å². The molecule has 1 aromatic carbocycles. The highest BCUT2D eigenvalue weighted by Gasteiger charge is 2.12. The highest BCUT2D eigenvalue weighted by atomic mass is 35.5. The number of carboxylic acid groups (broad SMARTS) is 1. The van der Waals surface area contributed by atoms with Crippen LogP contribution in [0.25, 0.3) is 0 Å². The van der Waals surface area contributed by atoms with Crippen LogP contribution in [0, 0.1) is 0 Å². The van der Waals surface area contributed by atoms with Crippen LogP contribution >= 0.6 is 23.4 Å². The second-order valence-corrected chi connectivity index (χ2v) is 5.02. The van der Waals surface area contributed by atoms with Gasteiger partial charge in [0.25, 0.3) is 0 Å². The molecule has 0 aliphatic carbocycles. The van der Waals surface area contributed by atoms with Gasteiger partial charge in [0.1, 0.15) is 0 Å². The Kier molecular flexibility index (Phi) is 3.96. The van der Waals surface area contributed by atoms with Crippen LogP contribution in [0.5, 0.6) is 0 Å². The molecule has 0 saturated carbocycles. The molecule has 1 aromatic heterocycles. The average Bonchev–Trinajstić information content (AvgIpc) is 2.72. The SMILES string of the molecule is CCn1c(Sc2ccc(C(=O)O)cc2Cl)n[nH]c1=O. The van der Waals surface area contributed by atoms with Crippen LogP contribution in [0.4, 0.5) is 0 Å². The highest BCUT2D eigenvalue weighted by molar-refractivity contribution is 7.99. The van der Waals surface area contributed by atoms with Crippen LogP contribution in [0.15, 0.2) is 33.0 Å². The standard InChI is InChI=1S/C11H10ClN3O3S/c1-2-15-10(18)13-14-11(15)19-8-4-3-6(9(16)17)5-7(8)12/h3-5H,2H2,1H3,(H,13,18)(H,16,17). The normalized spacial score (nSPS) is 10.6. The highest BCUT2D eigenvalue weighted by Crippen LogP contribution is 2.32. The lowest BCUT2D eigenvalue weighted by Gasteiger charge is -2.05. The van der Waals surface area contributed by atoms with Crippen LogP contribution in [0.1, 0.15) is 17.3 Å². The molecule has 8 heteroatoms. The maximum absolute atomic E-state index is 11.4. The zero-order valence-corrected chi connectivity index (χ0v) is 11.5. The minimum atomic E-state index is -1.04. The molecule has 0 unspecified atom stereocenters.